The van der Waals surface area contributed by atoms with Crippen molar-refractivity contribution >= 4 is 12.1 Å². The molecule has 0 saturated heterocycles. The molecule has 3 heterocycles. The largest absolute Gasteiger partial charge is 0.499 e. The van der Waals surface area contributed by atoms with Crippen molar-refractivity contribution in [3.63, 3.8) is 0 Å². The minimum absolute atomic E-state index is 0.0534. The van der Waals surface area contributed by atoms with E-state index in [0.29, 0.717) is 17.8 Å². The highest BCUT2D eigenvalue weighted by atomic mass is 19.3. The standard InChI is InChI=1S/C20H17F4N3O3/c1-29-16-8-17(30-20(23)24)25-9-15(16)27-6-5-13-10(19(27)28)7-14(26-13)18-11(21)3-2-4-12(18)22/h2-4,7,9,17,20,26H,5-6,8H2,1H3. The molecule has 0 saturated carbocycles. The maximum Gasteiger partial charge on any atom is 0.347 e. The lowest BCUT2D eigenvalue weighted by Crippen LogP contribution is -2.39. The fourth-order valence-corrected chi connectivity index (χ4v) is 3.63. The van der Waals surface area contributed by atoms with Crippen LogP contribution in [0.2, 0.25) is 0 Å². The Morgan fingerprint density at radius 3 is 2.67 bits per heavy atom. The van der Waals surface area contributed by atoms with Gasteiger partial charge in [0, 0.05) is 18.7 Å². The topological polar surface area (TPSA) is 66.9 Å². The minimum atomic E-state index is -2.98. The Kier molecular flexibility index (Phi) is 5.33. The van der Waals surface area contributed by atoms with Crippen LogP contribution in [0.5, 0.6) is 0 Å². The first-order valence-corrected chi connectivity index (χ1v) is 9.11. The molecular weight excluding hydrogens is 406 g/mol. The Labute approximate surface area is 168 Å². The minimum Gasteiger partial charge on any atom is -0.499 e. The number of amides is 1. The number of halogens is 4. The highest BCUT2D eigenvalue weighted by Crippen LogP contribution is 2.32. The molecule has 1 amide bonds. The third-order valence-corrected chi connectivity index (χ3v) is 5.00. The van der Waals surface area contributed by atoms with E-state index < -0.39 is 30.4 Å². The molecule has 2 aromatic rings. The molecule has 1 aromatic heterocycles. The zero-order valence-electron chi connectivity index (χ0n) is 15.8. The number of methoxy groups -OCH3 is 1. The van der Waals surface area contributed by atoms with Crippen LogP contribution in [-0.4, -0.2) is 48.5 Å². The number of aromatic amines is 1. The molecule has 2 aliphatic heterocycles. The number of ether oxygens (including phenoxy) is 2. The molecule has 1 N–H and O–H groups in total. The van der Waals surface area contributed by atoms with Gasteiger partial charge in [-0.3, -0.25) is 14.5 Å². The number of hydrogen-bond acceptors (Lipinski definition) is 4. The molecule has 0 bridgehead atoms. The number of carbonyl (C=O) groups excluding carboxylic acids is 1. The van der Waals surface area contributed by atoms with Crippen molar-refractivity contribution in [1.82, 2.24) is 9.88 Å². The van der Waals surface area contributed by atoms with E-state index in [1.54, 1.807) is 0 Å². The summed E-state index contributed by atoms with van der Waals surface area (Å²) in [6.07, 6.45) is 0.495. The van der Waals surface area contributed by atoms with Crippen molar-refractivity contribution < 1.29 is 31.8 Å². The first-order valence-electron chi connectivity index (χ1n) is 9.11. The molecule has 1 unspecified atom stereocenters. The normalized spacial score (nSPS) is 18.9. The van der Waals surface area contributed by atoms with Crippen LogP contribution >= 0.6 is 0 Å². The molecule has 0 aliphatic carbocycles. The molecule has 1 atom stereocenters. The number of carbonyl (C=O) groups is 1. The molecule has 6 nitrogen and oxygen atoms in total. The number of rotatable bonds is 5. The number of H-pyrrole nitrogens is 1. The van der Waals surface area contributed by atoms with Crippen molar-refractivity contribution in [2.24, 2.45) is 4.99 Å². The molecule has 0 radical (unpaired) electrons. The molecule has 1 aromatic carbocycles. The van der Waals surface area contributed by atoms with Crippen LogP contribution in [0.1, 0.15) is 22.5 Å². The van der Waals surface area contributed by atoms with Gasteiger partial charge in [0.1, 0.15) is 23.1 Å². The van der Waals surface area contributed by atoms with Gasteiger partial charge in [-0.2, -0.15) is 8.78 Å². The number of hydrogen-bond donors (Lipinski definition) is 1. The molecular formula is C20H17F4N3O3. The Morgan fingerprint density at radius 2 is 2.00 bits per heavy atom. The average Bonchev–Trinajstić information content (AvgIpc) is 3.12. The molecule has 0 spiro atoms. The monoisotopic (exact) mass is 423 g/mol. The molecule has 0 fully saturated rings. The van der Waals surface area contributed by atoms with E-state index in [4.69, 9.17) is 4.74 Å². The number of nitrogens with zero attached hydrogens (tertiary/aromatic N) is 2. The van der Waals surface area contributed by atoms with Crippen molar-refractivity contribution in [1.29, 1.82) is 0 Å². The summed E-state index contributed by atoms with van der Waals surface area (Å²) in [4.78, 5) is 21.3. The van der Waals surface area contributed by atoms with Crippen LogP contribution in [0.3, 0.4) is 0 Å². The first-order chi connectivity index (χ1) is 14.4. The second-order valence-electron chi connectivity index (χ2n) is 6.72. The number of alkyl halides is 2. The lowest BCUT2D eigenvalue weighted by molar-refractivity contribution is -0.161. The SMILES string of the molecule is COC1=C(N2CCc3[nH]c(-c4c(F)cccc4F)cc3C2=O)C=NC(OC(F)F)C1. The first kappa shape index (κ1) is 20.1. The van der Waals surface area contributed by atoms with E-state index in [2.05, 4.69) is 14.7 Å². The summed E-state index contributed by atoms with van der Waals surface area (Å²) in [5.41, 5.74) is 1.08. The zero-order chi connectivity index (χ0) is 21.4. The van der Waals surface area contributed by atoms with E-state index in [9.17, 15) is 22.4 Å². The van der Waals surface area contributed by atoms with Gasteiger partial charge in [0.05, 0.1) is 36.6 Å². The summed E-state index contributed by atoms with van der Waals surface area (Å²) in [5, 5.41) is 0. The Hall–Kier alpha value is -3.14. The number of aromatic nitrogens is 1. The summed E-state index contributed by atoms with van der Waals surface area (Å²) >= 11 is 0. The van der Waals surface area contributed by atoms with Gasteiger partial charge < -0.3 is 14.6 Å². The van der Waals surface area contributed by atoms with Crippen LogP contribution in [0.25, 0.3) is 11.3 Å². The molecule has 30 heavy (non-hydrogen) atoms. The third kappa shape index (κ3) is 3.58. The number of benzene rings is 1. The van der Waals surface area contributed by atoms with Gasteiger partial charge in [-0.05, 0) is 18.2 Å². The van der Waals surface area contributed by atoms with Crippen molar-refractivity contribution in [3.05, 3.63) is 58.6 Å². The Balaban J connectivity index is 1.64. The summed E-state index contributed by atoms with van der Waals surface area (Å²) in [7, 11) is 1.36. The quantitative estimate of drug-likeness (QED) is 0.743. The number of dihydropyridines is 1. The van der Waals surface area contributed by atoms with Gasteiger partial charge in [0.25, 0.3) is 5.91 Å². The van der Waals surface area contributed by atoms with Gasteiger partial charge >= 0.3 is 6.61 Å². The molecule has 158 valence electrons. The molecule has 2 aliphatic rings. The fourth-order valence-electron chi connectivity index (χ4n) is 3.63. The van der Waals surface area contributed by atoms with E-state index in [1.807, 2.05) is 0 Å². The molecule has 10 heteroatoms. The van der Waals surface area contributed by atoms with E-state index in [-0.39, 0.29) is 35.5 Å². The predicted octanol–water partition coefficient (Wildman–Crippen LogP) is 3.86. The summed E-state index contributed by atoms with van der Waals surface area (Å²) in [6, 6.07) is 4.94. The van der Waals surface area contributed by atoms with Crippen LogP contribution < -0.4 is 0 Å². The zero-order valence-corrected chi connectivity index (χ0v) is 15.8. The number of fused-ring (bicyclic) bond motifs is 1. The Morgan fingerprint density at radius 1 is 1.27 bits per heavy atom. The van der Waals surface area contributed by atoms with Gasteiger partial charge in [-0.1, -0.05) is 6.07 Å². The number of allylic oxidation sites excluding steroid dienone is 1. The van der Waals surface area contributed by atoms with Gasteiger partial charge in [0.15, 0.2) is 6.23 Å². The number of nitrogens with one attached hydrogen (secondary N) is 1. The van der Waals surface area contributed by atoms with Crippen LogP contribution in [0.15, 0.2) is 40.7 Å². The highest BCUT2D eigenvalue weighted by Gasteiger charge is 2.33. The van der Waals surface area contributed by atoms with Crippen molar-refractivity contribution in [3.8, 4) is 11.3 Å². The Bertz CT molecular complexity index is 1030. The van der Waals surface area contributed by atoms with Crippen LogP contribution in [0, 0.1) is 11.6 Å². The average molecular weight is 423 g/mol. The van der Waals surface area contributed by atoms with Gasteiger partial charge in [-0.25, -0.2) is 8.78 Å². The van der Waals surface area contributed by atoms with Crippen LogP contribution in [-0.2, 0) is 15.9 Å². The lowest BCUT2D eigenvalue weighted by atomic mass is 10.0. The fraction of sp³-hybridized carbons (Fsp3) is 0.300. The summed E-state index contributed by atoms with van der Waals surface area (Å²) < 4.78 is 62.8. The van der Waals surface area contributed by atoms with Gasteiger partial charge in [0.2, 0.25) is 0 Å². The third-order valence-electron chi connectivity index (χ3n) is 5.00. The number of aliphatic imine (C=N–C) groups is 1. The molecule has 4 rings (SSSR count). The highest BCUT2D eigenvalue weighted by molar-refractivity contribution is 6.02. The second-order valence-corrected chi connectivity index (χ2v) is 6.72. The smallest absolute Gasteiger partial charge is 0.347 e. The summed E-state index contributed by atoms with van der Waals surface area (Å²) in [6.45, 7) is -2.73. The van der Waals surface area contributed by atoms with E-state index in [1.165, 1.54) is 30.4 Å². The van der Waals surface area contributed by atoms with E-state index in [0.717, 1.165) is 12.1 Å². The second kappa shape index (κ2) is 7.94. The lowest BCUT2D eigenvalue weighted by Gasteiger charge is -2.31. The van der Waals surface area contributed by atoms with Crippen molar-refractivity contribution in [2.75, 3.05) is 13.7 Å². The maximum absolute atomic E-state index is 14.1. The van der Waals surface area contributed by atoms with Crippen molar-refractivity contribution in [2.45, 2.75) is 25.7 Å². The predicted molar refractivity (Wildman–Crippen MR) is 98.9 cm³/mol. The van der Waals surface area contributed by atoms with Gasteiger partial charge in [-0.15, -0.1) is 0 Å². The van der Waals surface area contributed by atoms with Crippen LogP contribution in [0.4, 0.5) is 17.6 Å². The van der Waals surface area contributed by atoms with E-state index >= 15 is 0 Å². The summed E-state index contributed by atoms with van der Waals surface area (Å²) in [5.74, 6) is -1.62. The maximum atomic E-state index is 14.1.